The highest BCUT2D eigenvalue weighted by Crippen LogP contribution is 2.22. The highest BCUT2D eigenvalue weighted by molar-refractivity contribution is 7.15. The van der Waals surface area contributed by atoms with Gasteiger partial charge in [0.05, 0.1) is 0 Å². The lowest BCUT2D eigenvalue weighted by Gasteiger charge is -2.06. The molecule has 1 fully saturated rings. The molecule has 3 amide bonds. The third kappa shape index (κ3) is 2.70. The van der Waals surface area contributed by atoms with Crippen LogP contribution in [0.1, 0.15) is 24.8 Å². The molecular formula is C9H13N5O2S. The Balaban J connectivity index is 1.96. The first-order chi connectivity index (χ1) is 8.06. The second-order valence-electron chi connectivity index (χ2n) is 4.00. The van der Waals surface area contributed by atoms with Gasteiger partial charge in [-0.05, 0) is 0 Å². The molecule has 17 heavy (non-hydrogen) atoms. The molecule has 7 nitrogen and oxygen atoms in total. The third-order valence-corrected chi connectivity index (χ3v) is 3.39. The van der Waals surface area contributed by atoms with Gasteiger partial charge in [0.2, 0.25) is 5.13 Å². The lowest BCUT2D eigenvalue weighted by atomic mass is 10.2. The third-order valence-electron chi connectivity index (χ3n) is 2.25. The summed E-state index contributed by atoms with van der Waals surface area (Å²) in [6.07, 6.45) is 0. The Morgan fingerprint density at radius 3 is 2.82 bits per heavy atom. The normalized spacial score (nSPS) is 19.0. The zero-order valence-corrected chi connectivity index (χ0v) is 10.3. The number of amides is 3. The smallest absolute Gasteiger partial charge is 0.315 e. The van der Waals surface area contributed by atoms with Gasteiger partial charge in [-0.25, -0.2) is 4.79 Å². The van der Waals surface area contributed by atoms with E-state index in [2.05, 4.69) is 26.1 Å². The van der Waals surface area contributed by atoms with Crippen molar-refractivity contribution in [3.05, 3.63) is 5.01 Å². The van der Waals surface area contributed by atoms with E-state index in [1.807, 2.05) is 13.8 Å². The van der Waals surface area contributed by atoms with Gasteiger partial charge in [-0.2, -0.15) is 0 Å². The van der Waals surface area contributed by atoms with E-state index in [0.29, 0.717) is 11.7 Å². The van der Waals surface area contributed by atoms with E-state index in [0.717, 1.165) is 5.01 Å². The standard InChI is InChI=1S/C9H13N5O2S/c1-4(2)7-13-14-9(17-7)12-6(15)5-3-10-8(16)11-5/h4-5H,3H2,1-2H3,(H2,10,11,16)(H,12,14,15). The molecule has 92 valence electrons. The largest absolute Gasteiger partial charge is 0.336 e. The summed E-state index contributed by atoms with van der Waals surface area (Å²) in [6.45, 7) is 4.31. The van der Waals surface area contributed by atoms with E-state index in [1.165, 1.54) is 11.3 Å². The molecule has 8 heteroatoms. The zero-order valence-electron chi connectivity index (χ0n) is 9.48. The van der Waals surface area contributed by atoms with Crippen LogP contribution in [0.3, 0.4) is 0 Å². The van der Waals surface area contributed by atoms with Gasteiger partial charge in [-0.3, -0.25) is 10.1 Å². The molecule has 1 unspecified atom stereocenters. The lowest BCUT2D eigenvalue weighted by molar-refractivity contribution is -0.117. The number of nitrogens with zero attached hydrogens (tertiary/aromatic N) is 2. The molecule has 3 N–H and O–H groups in total. The predicted molar refractivity (Wildman–Crippen MR) is 63.0 cm³/mol. The fraction of sp³-hybridized carbons (Fsp3) is 0.556. The van der Waals surface area contributed by atoms with E-state index in [4.69, 9.17) is 0 Å². The summed E-state index contributed by atoms with van der Waals surface area (Å²) in [6, 6.07) is -0.876. The molecule has 1 atom stereocenters. The van der Waals surface area contributed by atoms with Gasteiger partial charge < -0.3 is 10.6 Å². The van der Waals surface area contributed by atoms with Crippen molar-refractivity contribution in [2.24, 2.45) is 0 Å². The van der Waals surface area contributed by atoms with Crippen molar-refractivity contribution in [1.82, 2.24) is 20.8 Å². The maximum atomic E-state index is 11.7. The van der Waals surface area contributed by atoms with Crippen LogP contribution >= 0.6 is 11.3 Å². The Morgan fingerprint density at radius 2 is 2.29 bits per heavy atom. The number of hydrogen-bond donors (Lipinski definition) is 3. The molecule has 0 spiro atoms. The number of carbonyl (C=O) groups excluding carboxylic acids is 2. The summed E-state index contributed by atoms with van der Waals surface area (Å²) in [5.41, 5.74) is 0. The molecule has 0 radical (unpaired) electrons. The molecule has 1 aliphatic rings. The van der Waals surface area contributed by atoms with Crippen molar-refractivity contribution in [2.75, 3.05) is 11.9 Å². The fourth-order valence-corrected chi connectivity index (χ4v) is 2.07. The molecule has 1 saturated heterocycles. The molecule has 0 aromatic carbocycles. The molecule has 2 heterocycles. The van der Waals surface area contributed by atoms with Crippen molar-refractivity contribution in [1.29, 1.82) is 0 Å². The van der Waals surface area contributed by atoms with Crippen LogP contribution in [0.2, 0.25) is 0 Å². The zero-order chi connectivity index (χ0) is 12.4. The highest BCUT2D eigenvalue weighted by Gasteiger charge is 2.27. The Morgan fingerprint density at radius 1 is 1.53 bits per heavy atom. The minimum atomic E-state index is -0.547. The first-order valence-corrected chi connectivity index (χ1v) is 6.06. The van der Waals surface area contributed by atoms with E-state index in [9.17, 15) is 9.59 Å². The molecule has 0 bridgehead atoms. The van der Waals surface area contributed by atoms with Crippen molar-refractivity contribution >= 4 is 28.4 Å². The summed E-state index contributed by atoms with van der Waals surface area (Å²) in [4.78, 5) is 22.6. The second kappa shape index (κ2) is 4.66. The molecule has 1 aliphatic heterocycles. The summed E-state index contributed by atoms with van der Waals surface area (Å²) < 4.78 is 0. The Labute approximate surface area is 102 Å². The minimum Gasteiger partial charge on any atom is -0.336 e. The van der Waals surface area contributed by atoms with Crippen LogP contribution < -0.4 is 16.0 Å². The summed E-state index contributed by atoms with van der Waals surface area (Å²) in [7, 11) is 0. The summed E-state index contributed by atoms with van der Waals surface area (Å²) in [5, 5.41) is 16.8. The van der Waals surface area contributed by atoms with Gasteiger partial charge in [0.15, 0.2) is 0 Å². The van der Waals surface area contributed by atoms with Gasteiger partial charge in [0.25, 0.3) is 5.91 Å². The number of rotatable bonds is 3. The van der Waals surface area contributed by atoms with E-state index >= 15 is 0 Å². The average molecular weight is 255 g/mol. The SMILES string of the molecule is CC(C)c1nnc(NC(=O)C2CNC(=O)N2)s1. The molecule has 1 aromatic rings. The van der Waals surface area contributed by atoms with E-state index < -0.39 is 6.04 Å². The minimum absolute atomic E-state index is 0.283. The van der Waals surface area contributed by atoms with Crippen LogP contribution in [-0.2, 0) is 4.79 Å². The lowest BCUT2D eigenvalue weighted by Crippen LogP contribution is -2.38. The molecular weight excluding hydrogens is 242 g/mol. The maximum absolute atomic E-state index is 11.7. The average Bonchev–Trinajstić information content (AvgIpc) is 2.86. The number of hydrogen-bond acceptors (Lipinski definition) is 5. The predicted octanol–water partition coefficient (Wildman–Crippen LogP) is 0.281. The molecule has 2 rings (SSSR count). The summed E-state index contributed by atoms with van der Waals surface area (Å²) in [5.74, 6) is 0.000748. The van der Waals surface area contributed by atoms with Crippen LogP contribution in [0.5, 0.6) is 0 Å². The number of anilines is 1. The van der Waals surface area contributed by atoms with Gasteiger partial charge >= 0.3 is 6.03 Å². The Hall–Kier alpha value is -1.70. The Kier molecular flexibility index (Phi) is 3.23. The van der Waals surface area contributed by atoms with Crippen LogP contribution in [0, 0.1) is 0 Å². The highest BCUT2D eigenvalue weighted by atomic mass is 32.1. The molecule has 1 aromatic heterocycles. The van der Waals surface area contributed by atoms with E-state index in [-0.39, 0.29) is 17.9 Å². The van der Waals surface area contributed by atoms with Crippen molar-refractivity contribution in [2.45, 2.75) is 25.8 Å². The number of aromatic nitrogens is 2. The van der Waals surface area contributed by atoms with Crippen LogP contribution in [0.25, 0.3) is 0 Å². The fourth-order valence-electron chi connectivity index (χ4n) is 1.32. The quantitative estimate of drug-likeness (QED) is 0.723. The van der Waals surface area contributed by atoms with Gasteiger partial charge in [0, 0.05) is 12.5 Å². The first kappa shape index (κ1) is 11.8. The van der Waals surface area contributed by atoms with Gasteiger partial charge in [-0.1, -0.05) is 25.2 Å². The van der Waals surface area contributed by atoms with Gasteiger partial charge in [-0.15, -0.1) is 10.2 Å². The Bertz CT molecular complexity index is 444. The van der Waals surface area contributed by atoms with Crippen LogP contribution in [-0.4, -0.2) is 34.7 Å². The molecule has 0 aliphatic carbocycles. The number of nitrogens with one attached hydrogen (secondary N) is 3. The topological polar surface area (TPSA) is 96.0 Å². The number of carbonyl (C=O) groups is 2. The van der Waals surface area contributed by atoms with Crippen molar-refractivity contribution in [3.63, 3.8) is 0 Å². The maximum Gasteiger partial charge on any atom is 0.315 e. The van der Waals surface area contributed by atoms with Crippen molar-refractivity contribution < 1.29 is 9.59 Å². The first-order valence-electron chi connectivity index (χ1n) is 5.25. The monoisotopic (exact) mass is 255 g/mol. The van der Waals surface area contributed by atoms with Crippen molar-refractivity contribution in [3.8, 4) is 0 Å². The number of urea groups is 1. The van der Waals surface area contributed by atoms with Crippen LogP contribution in [0.4, 0.5) is 9.93 Å². The van der Waals surface area contributed by atoms with E-state index in [1.54, 1.807) is 0 Å². The summed E-state index contributed by atoms with van der Waals surface area (Å²) >= 11 is 1.34. The van der Waals surface area contributed by atoms with Gasteiger partial charge in [0.1, 0.15) is 11.0 Å². The molecule has 0 saturated carbocycles. The van der Waals surface area contributed by atoms with Crippen LogP contribution in [0.15, 0.2) is 0 Å². The second-order valence-corrected chi connectivity index (χ2v) is 5.01.